The molecule has 1 atom stereocenters. The van der Waals surface area contributed by atoms with Crippen molar-refractivity contribution < 1.29 is 13.2 Å². The van der Waals surface area contributed by atoms with Gasteiger partial charge in [0, 0.05) is 24.2 Å². The van der Waals surface area contributed by atoms with E-state index < -0.39 is 10.0 Å². The zero-order valence-corrected chi connectivity index (χ0v) is 14.9. The molecule has 1 amide bonds. The van der Waals surface area contributed by atoms with Gasteiger partial charge in [0.2, 0.25) is 10.0 Å². The lowest BCUT2D eigenvalue weighted by atomic mass is 9.95. The lowest BCUT2D eigenvalue weighted by Crippen LogP contribution is -2.31. The summed E-state index contributed by atoms with van der Waals surface area (Å²) in [4.78, 5) is 18.2. The zero-order valence-electron chi connectivity index (χ0n) is 14.1. The van der Waals surface area contributed by atoms with E-state index in [9.17, 15) is 13.2 Å². The number of carbonyl (C=O) groups is 1. The van der Waals surface area contributed by atoms with Crippen LogP contribution in [0.5, 0.6) is 0 Å². The Morgan fingerprint density at radius 1 is 1.28 bits per heavy atom. The fraction of sp³-hybridized carbons (Fsp3) is 0.500. The normalized spacial score (nSPS) is 20.8. The number of aryl methyl sites for hydroxylation is 2. The van der Waals surface area contributed by atoms with Crippen molar-refractivity contribution in [2.45, 2.75) is 32.1 Å². The molecule has 4 rings (SSSR count). The lowest BCUT2D eigenvalue weighted by Gasteiger charge is -2.17. The van der Waals surface area contributed by atoms with Crippen LogP contribution in [-0.4, -0.2) is 43.1 Å². The third-order valence-electron chi connectivity index (χ3n) is 5.40. The lowest BCUT2D eigenvalue weighted by molar-refractivity contribution is 0.0790. The molecule has 7 heteroatoms. The van der Waals surface area contributed by atoms with Crippen LogP contribution >= 0.6 is 0 Å². The standard InChI is InChI=1S/C18H23N3O3S/c19-25(23,24)11-12-8-9-21(10-12)18(22)15-6-3-5-14-13-4-1-2-7-16(13)20-17(14)15/h3,5-6,12,20H,1-2,4,7-11H2,(H2,19,23,24)/t12-/m0/s1. The van der Waals surface area contributed by atoms with Crippen molar-refractivity contribution in [3.63, 3.8) is 0 Å². The summed E-state index contributed by atoms with van der Waals surface area (Å²) in [6.07, 6.45) is 5.16. The van der Waals surface area contributed by atoms with Crippen LogP contribution in [0.2, 0.25) is 0 Å². The van der Waals surface area contributed by atoms with Gasteiger partial charge in [0.05, 0.1) is 16.8 Å². The van der Waals surface area contributed by atoms with Gasteiger partial charge in [-0.1, -0.05) is 12.1 Å². The number of sulfonamides is 1. The summed E-state index contributed by atoms with van der Waals surface area (Å²) in [5.74, 6) is -0.159. The molecule has 1 aromatic carbocycles. The highest BCUT2D eigenvalue weighted by molar-refractivity contribution is 7.89. The van der Waals surface area contributed by atoms with E-state index in [1.54, 1.807) is 4.90 Å². The molecular formula is C18H23N3O3S. The van der Waals surface area contributed by atoms with Crippen LogP contribution in [0.4, 0.5) is 0 Å². The summed E-state index contributed by atoms with van der Waals surface area (Å²) < 4.78 is 22.6. The van der Waals surface area contributed by atoms with E-state index in [-0.39, 0.29) is 17.6 Å². The Kier molecular flexibility index (Phi) is 4.08. The number of H-pyrrole nitrogens is 1. The molecule has 0 spiro atoms. The van der Waals surface area contributed by atoms with Crippen LogP contribution < -0.4 is 5.14 Å². The van der Waals surface area contributed by atoms with Crippen molar-refractivity contribution in [1.29, 1.82) is 0 Å². The quantitative estimate of drug-likeness (QED) is 0.872. The number of aromatic nitrogens is 1. The number of hydrogen-bond acceptors (Lipinski definition) is 3. The van der Waals surface area contributed by atoms with Gasteiger partial charge >= 0.3 is 0 Å². The number of likely N-dealkylation sites (tertiary alicyclic amines) is 1. The molecule has 2 aromatic rings. The number of aromatic amines is 1. The van der Waals surface area contributed by atoms with Gasteiger partial charge in [0.25, 0.3) is 5.91 Å². The van der Waals surface area contributed by atoms with Gasteiger partial charge in [-0.2, -0.15) is 0 Å². The van der Waals surface area contributed by atoms with Crippen molar-refractivity contribution in [3.05, 3.63) is 35.0 Å². The summed E-state index contributed by atoms with van der Waals surface area (Å²) in [6.45, 7) is 1.03. The summed E-state index contributed by atoms with van der Waals surface area (Å²) >= 11 is 0. The summed E-state index contributed by atoms with van der Waals surface area (Å²) in [6, 6.07) is 5.89. The fourth-order valence-corrected chi connectivity index (χ4v) is 5.19. The number of benzene rings is 1. The Balaban J connectivity index is 1.62. The van der Waals surface area contributed by atoms with Crippen LogP contribution in [0.25, 0.3) is 10.9 Å². The molecule has 1 aromatic heterocycles. The summed E-state index contributed by atoms with van der Waals surface area (Å²) in [5.41, 5.74) is 4.22. The predicted octanol–water partition coefficient (Wildman–Crippen LogP) is 1.80. The number of nitrogens with zero attached hydrogens (tertiary/aromatic N) is 1. The molecule has 0 unspecified atom stereocenters. The number of primary sulfonamides is 1. The van der Waals surface area contributed by atoms with E-state index in [0.29, 0.717) is 25.1 Å². The minimum absolute atomic E-state index is 0.0267. The molecule has 2 aliphatic rings. The predicted molar refractivity (Wildman–Crippen MR) is 96.9 cm³/mol. The number of hydrogen-bond donors (Lipinski definition) is 2. The Bertz CT molecular complexity index is 932. The fourth-order valence-electron chi connectivity index (χ4n) is 4.26. The molecule has 6 nitrogen and oxygen atoms in total. The van der Waals surface area contributed by atoms with Crippen LogP contribution in [-0.2, 0) is 22.9 Å². The number of carbonyl (C=O) groups excluding carboxylic acids is 1. The largest absolute Gasteiger partial charge is 0.358 e. The molecule has 3 N–H and O–H groups in total. The molecule has 1 saturated heterocycles. The maximum Gasteiger partial charge on any atom is 0.255 e. The topological polar surface area (TPSA) is 96.3 Å². The van der Waals surface area contributed by atoms with Crippen molar-refractivity contribution in [2.75, 3.05) is 18.8 Å². The minimum Gasteiger partial charge on any atom is -0.358 e. The molecule has 0 radical (unpaired) electrons. The van der Waals surface area contributed by atoms with E-state index in [1.165, 1.54) is 24.1 Å². The van der Waals surface area contributed by atoms with E-state index in [2.05, 4.69) is 11.1 Å². The summed E-state index contributed by atoms with van der Waals surface area (Å²) in [7, 11) is -3.50. The number of fused-ring (bicyclic) bond motifs is 3. The van der Waals surface area contributed by atoms with E-state index in [4.69, 9.17) is 5.14 Å². The minimum atomic E-state index is -3.50. The molecule has 1 aliphatic heterocycles. The third-order valence-corrected chi connectivity index (χ3v) is 6.34. The zero-order chi connectivity index (χ0) is 17.6. The highest BCUT2D eigenvalue weighted by Gasteiger charge is 2.30. The van der Waals surface area contributed by atoms with E-state index >= 15 is 0 Å². The number of rotatable bonds is 3. The Labute approximate surface area is 147 Å². The molecular weight excluding hydrogens is 338 g/mol. The monoisotopic (exact) mass is 361 g/mol. The first-order chi connectivity index (χ1) is 11.9. The summed E-state index contributed by atoms with van der Waals surface area (Å²) in [5, 5.41) is 6.30. The number of amides is 1. The van der Waals surface area contributed by atoms with Gasteiger partial charge < -0.3 is 9.88 Å². The van der Waals surface area contributed by atoms with Crippen molar-refractivity contribution in [2.24, 2.45) is 11.1 Å². The first kappa shape index (κ1) is 16.6. The van der Waals surface area contributed by atoms with Crippen LogP contribution in [0.3, 0.4) is 0 Å². The highest BCUT2D eigenvalue weighted by Crippen LogP contribution is 2.31. The smallest absolute Gasteiger partial charge is 0.255 e. The first-order valence-electron chi connectivity index (χ1n) is 8.84. The van der Waals surface area contributed by atoms with Crippen LogP contribution in [0.15, 0.2) is 18.2 Å². The van der Waals surface area contributed by atoms with Gasteiger partial charge in [0.1, 0.15) is 0 Å². The van der Waals surface area contributed by atoms with Crippen LogP contribution in [0.1, 0.15) is 40.9 Å². The Hall–Kier alpha value is -1.86. The molecule has 134 valence electrons. The average Bonchev–Trinajstić information content (AvgIpc) is 3.16. The maximum absolute atomic E-state index is 13.0. The van der Waals surface area contributed by atoms with Gasteiger partial charge in [-0.05, 0) is 49.7 Å². The van der Waals surface area contributed by atoms with Gasteiger partial charge in [-0.15, -0.1) is 0 Å². The Morgan fingerprint density at radius 3 is 2.88 bits per heavy atom. The second kappa shape index (κ2) is 6.14. The highest BCUT2D eigenvalue weighted by atomic mass is 32.2. The molecule has 1 fully saturated rings. The molecule has 25 heavy (non-hydrogen) atoms. The van der Waals surface area contributed by atoms with Gasteiger partial charge in [-0.25, -0.2) is 13.6 Å². The average molecular weight is 361 g/mol. The van der Waals surface area contributed by atoms with Crippen molar-refractivity contribution in [3.8, 4) is 0 Å². The second-order valence-corrected chi connectivity index (χ2v) is 8.91. The van der Waals surface area contributed by atoms with Crippen molar-refractivity contribution >= 4 is 26.8 Å². The van der Waals surface area contributed by atoms with Gasteiger partial charge in [-0.3, -0.25) is 4.79 Å². The SMILES string of the molecule is NS(=O)(=O)C[C@H]1CCN(C(=O)c2cccc3c4c([nH]c23)CCCC4)C1. The Morgan fingerprint density at radius 2 is 2.08 bits per heavy atom. The number of nitrogens with one attached hydrogen (secondary N) is 1. The number of para-hydroxylation sites is 1. The molecule has 1 aliphatic carbocycles. The second-order valence-electron chi connectivity index (χ2n) is 7.25. The van der Waals surface area contributed by atoms with E-state index in [0.717, 1.165) is 23.7 Å². The van der Waals surface area contributed by atoms with Crippen LogP contribution in [0, 0.1) is 5.92 Å². The van der Waals surface area contributed by atoms with Crippen molar-refractivity contribution in [1.82, 2.24) is 9.88 Å². The maximum atomic E-state index is 13.0. The van der Waals surface area contributed by atoms with E-state index in [1.807, 2.05) is 12.1 Å². The molecule has 0 bridgehead atoms. The molecule has 0 saturated carbocycles. The molecule has 2 heterocycles. The number of nitrogens with two attached hydrogens (primary N) is 1. The van der Waals surface area contributed by atoms with Gasteiger partial charge in [0.15, 0.2) is 0 Å². The third kappa shape index (κ3) is 3.18. The first-order valence-corrected chi connectivity index (χ1v) is 10.6.